The smallest absolute Gasteiger partial charge is 0.352 e. The van der Waals surface area contributed by atoms with E-state index in [4.69, 9.17) is 5.11 Å². The largest absolute Gasteiger partial charge is 0.477 e. The lowest BCUT2D eigenvalue weighted by Crippen LogP contribution is -2.19. The standard InChI is InChI=1S/C8H7BN2O2/c9-6-2-1-5-3-10-4-11(5)7(6)8(12)13/h1-4H,9H2,(H,12,13). The molecule has 0 fully saturated rings. The summed E-state index contributed by atoms with van der Waals surface area (Å²) < 4.78 is 1.57. The van der Waals surface area contributed by atoms with Crippen LogP contribution in [0.3, 0.4) is 0 Å². The second-order valence-corrected chi connectivity index (χ2v) is 2.86. The van der Waals surface area contributed by atoms with Gasteiger partial charge in [-0.2, -0.15) is 0 Å². The second kappa shape index (κ2) is 2.62. The van der Waals surface area contributed by atoms with E-state index in [1.807, 2.05) is 6.07 Å². The maximum Gasteiger partial charge on any atom is 0.352 e. The van der Waals surface area contributed by atoms with Gasteiger partial charge in [-0.25, -0.2) is 9.78 Å². The summed E-state index contributed by atoms with van der Waals surface area (Å²) in [5, 5.41) is 8.93. The van der Waals surface area contributed by atoms with Crippen LogP contribution < -0.4 is 5.46 Å². The molecule has 0 aromatic carbocycles. The third-order valence-corrected chi connectivity index (χ3v) is 1.99. The molecule has 13 heavy (non-hydrogen) atoms. The summed E-state index contributed by atoms with van der Waals surface area (Å²) in [6, 6.07) is 3.62. The van der Waals surface area contributed by atoms with Crippen molar-refractivity contribution >= 4 is 24.8 Å². The first-order valence-electron chi connectivity index (χ1n) is 3.85. The first-order valence-corrected chi connectivity index (χ1v) is 3.85. The van der Waals surface area contributed by atoms with Gasteiger partial charge in [0.2, 0.25) is 0 Å². The van der Waals surface area contributed by atoms with Crippen molar-refractivity contribution < 1.29 is 9.90 Å². The second-order valence-electron chi connectivity index (χ2n) is 2.86. The number of aromatic carboxylic acids is 1. The Morgan fingerprint density at radius 2 is 2.31 bits per heavy atom. The van der Waals surface area contributed by atoms with Crippen molar-refractivity contribution in [3.05, 3.63) is 30.4 Å². The number of hydrogen-bond acceptors (Lipinski definition) is 2. The van der Waals surface area contributed by atoms with Crippen LogP contribution in [-0.2, 0) is 0 Å². The minimum atomic E-state index is -0.930. The number of fused-ring (bicyclic) bond motifs is 1. The van der Waals surface area contributed by atoms with E-state index in [0.29, 0.717) is 0 Å². The molecule has 2 aromatic heterocycles. The van der Waals surface area contributed by atoms with Crippen molar-refractivity contribution in [1.29, 1.82) is 0 Å². The normalized spacial score (nSPS) is 10.5. The molecule has 0 amide bonds. The number of nitrogens with zero attached hydrogens (tertiary/aromatic N) is 2. The molecule has 0 bridgehead atoms. The Morgan fingerprint density at radius 1 is 1.54 bits per heavy atom. The van der Waals surface area contributed by atoms with Gasteiger partial charge in [-0.15, -0.1) is 0 Å². The van der Waals surface area contributed by atoms with Crippen LogP contribution in [0, 0.1) is 0 Å². The first kappa shape index (κ1) is 7.85. The number of carbonyl (C=O) groups is 1. The lowest BCUT2D eigenvalue weighted by Gasteiger charge is -2.03. The molecule has 1 N–H and O–H groups in total. The molecule has 5 heteroatoms. The van der Waals surface area contributed by atoms with Gasteiger partial charge in [0.05, 0.1) is 18.0 Å². The van der Waals surface area contributed by atoms with Crippen molar-refractivity contribution in [2.75, 3.05) is 0 Å². The molecular formula is C8H7BN2O2. The predicted octanol–water partition coefficient (Wildman–Crippen LogP) is -0.709. The quantitative estimate of drug-likeness (QED) is 0.581. The van der Waals surface area contributed by atoms with E-state index in [1.165, 1.54) is 6.33 Å². The molecule has 64 valence electrons. The third-order valence-electron chi connectivity index (χ3n) is 1.99. The zero-order valence-electron chi connectivity index (χ0n) is 7.06. The van der Waals surface area contributed by atoms with Gasteiger partial charge in [0.1, 0.15) is 13.5 Å². The van der Waals surface area contributed by atoms with Gasteiger partial charge >= 0.3 is 5.97 Å². The van der Waals surface area contributed by atoms with Crippen LogP contribution in [0.15, 0.2) is 24.7 Å². The molecule has 2 rings (SSSR count). The van der Waals surface area contributed by atoms with Crippen molar-refractivity contribution in [2.24, 2.45) is 0 Å². The first-order chi connectivity index (χ1) is 6.20. The third kappa shape index (κ3) is 1.09. The van der Waals surface area contributed by atoms with Gasteiger partial charge in [0, 0.05) is 0 Å². The van der Waals surface area contributed by atoms with E-state index in [-0.39, 0.29) is 5.69 Å². The minimum absolute atomic E-state index is 0.273. The Hall–Kier alpha value is -1.78. The van der Waals surface area contributed by atoms with Gasteiger partial charge in [-0.3, -0.25) is 4.40 Å². The molecule has 2 heterocycles. The Balaban J connectivity index is 2.88. The van der Waals surface area contributed by atoms with Crippen LogP contribution in [-0.4, -0.2) is 28.3 Å². The Labute approximate surface area is 75.2 Å². The number of carboxylic acid groups (broad SMARTS) is 1. The Morgan fingerprint density at radius 3 is 3.00 bits per heavy atom. The van der Waals surface area contributed by atoms with Crippen LogP contribution in [0.2, 0.25) is 0 Å². The average Bonchev–Trinajstić information content (AvgIpc) is 2.50. The Bertz CT molecular complexity index is 478. The van der Waals surface area contributed by atoms with Gasteiger partial charge in [-0.1, -0.05) is 11.5 Å². The van der Waals surface area contributed by atoms with Crippen LogP contribution in [0.1, 0.15) is 10.5 Å². The van der Waals surface area contributed by atoms with E-state index in [0.717, 1.165) is 11.0 Å². The van der Waals surface area contributed by atoms with Gasteiger partial charge < -0.3 is 5.11 Å². The van der Waals surface area contributed by atoms with E-state index < -0.39 is 5.97 Å². The molecule has 0 radical (unpaired) electrons. The lowest BCUT2D eigenvalue weighted by atomic mass is 9.94. The number of pyridine rings is 1. The fourth-order valence-corrected chi connectivity index (χ4v) is 1.37. The number of rotatable bonds is 1. The molecule has 0 saturated heterocycles. The molecule has 0 unspecified atom stereocenters. The summed E-state index contributed by atoms with van der Waals surface area (Å²) in [5.74, 6) is -0.930. The molecule has 0 aliphatic carbocycles. The summed E-state index contributed by atoms with van der Waals surface area (Å²) in [5.41, 5.74) is 1.80. The molecule has 2 aromatic rings. The SMILES string of the molecule is Bc1ccc2cncn2c1C(=O)O. The zero-order chi connectivity index (χ0) is 9.42. The molecule has 4 nitrogen and oxygen atoms in total. The molecule has 0 atom stereocenters. The summed E-state index contributed by atoms with van der Waals surface area (Å²) in [6.07, 6.45) is 3.14. The maximum absolute atomic E-state index is 10.9. The van der Waals surface area contributed by atoms with E-state index in [1.54, 1.807) is 24.5 Å². The number of hydrogen-bond donors (Lipinski definition) is 1. The molecule has 0 aliphatic heterocycles. The summed E-state index contributed by atoms with van der Waals surface area (Å²) >= 11 is 0. The lowest BCUT2D eigenvalue weighted by molar-refractivity contribution is 0.0690. The predicted molar refractivity (Wildman–Crippen MR) is 50.3 cm³/mol. The van der Waals surface area contributed by atoms with Gasteiger partial charge in [0.25, 0.3) is 0 Å². The Kier molecular flexibility index (Phi) is 1.58. The highest BCUT2D eigenvalue weighted by Gasteiger charge is 2.10. The fourth-order valence-electron chi connectivity index (χ4n) is 1.37. The van der Waals surface area contributed by atoms with Crippen molar-refractivity contribution in [2.45, 2.75) is 0 Å². The highest BCUT2D eigenvalue weighted by Crippen LogP contribution is 2.03. The highest BCUT2D eigenvalue weighted by atomic mass is 16.4. The molecule has 0 aliphatic rings. The molecular weight excluding hydrogens is 167 g/mol. The highest BCUT2D eigenvalue weighted by molar-refractivity contribution is 6.35. The van der Waals surface area contributed by atoms with E-state index in [2.05, 4.69) is 4.98 Å². The van der Waals surface area contributed by atoms with Crippen LogP contribution >= 0.6 is 0 Å². The van der Waals surface area contributed by atoms with Crippen molar-refractivity contribution in [1.82, 2.24) is 9.38 Å². The fraction of sp³-hybridized carbons (Fsp3) is 0. The average molecular weight is 174 g/mol. The van der Waals surface area contributed by atoms with E-state index >= 15 is 0 Å². The summed E-state index contributed by atoms with van der Waals surface area (Å²) in [6.45, 7) is 0. The van der Waals surface area contributed by atoms with Gasteiger partial charge in [-0.05, 0) is 6.07 Å². The van der Waals surface area contributed by atoms with E-state index in [9.17, 15) is 4.79 Å². The minimum Gasteiger partial charge on any atom is -0.477 e. The number of aromatic nitrogens is 2. The number of imidazole rings is 1. The van der Waals surface area contributed by atoms with Crippen LogP contribution in [0.5, 0.6) is 0 Å². The van der Waals surface area contributed by atoms with Crippen molar-refractivity contribution in [3.63, 3.8) is 0 Å². The van der Waals surface area contributed by atoms with Crippen LogP contribution in [0.25, 0.3) is 5.52 Å². The number of carboxylic acids is 1. The van der Waals surface area contributed by atoms with Gasteiger partial charge in [0.15, 0.2) is 0 Å². The summed E-state index contributed by atoms with van der Waals surface area (Å²) in [4.78, 5) is 14.8. The molecule has 0 saturated carbocycles. The zero-order valence-corrected chi connectivity index (χ0v) is 7.06. The monoisotopic (exact) mass is 174 g/mol. The van der Waals surface area contributed by atoms with Crippen LogP contribution in [0.4, 0.5) is 0 Å². The molecule has 0 spiro atoms. The van der Waals surface area contributed by atoms with Crippen molar-refractivity contribution in [3.8, 4) is 0 Å². The topological polar surface area (TPSA) is 54.6 Å². The summed E-state index contributed by atoms with van der Waals surface area (Å²) in [7, 11) is 1.77. The maximum atomic E-state index is 10.9.